The SMILES string of the molecule is COc1ccc([C@@H]2CN(C(=O)OCc3ccccc3)C[C@H]2NS(C)(=O)=O)cc1OC1CCCC1. The number of hydrogen-bond donors (Lipinski definition) is 1. The molecule has 34 heavy (non-hydrogen) atoms. The first-order valence-electron chi connectivity index (χ1n) is 11.6. The number of likely N-dealkylation sites (tertiary alicyclic amines) is 1. The first kappa shape index (κ1) is 24.3. The first-order valence-corrected chi connectivity index (χ1v) is 13.5. The molecule has 0 spiro atoms. The molecule has 2 aromatic carbocycles. The zero-order valence-electron chi connectivity index (χ0n) is 19.6. The van der Waals surface area contributed by atoms with Gasteiger partial charge in [-0.15, -0.1) is 0 Å². The molecule has 2 fully saturated rings. The highest BCUT2D eigenvalue weighted by Crippen LogP contribution is 2.37. The van der Waals surface area contributed by atoms with Crippen molar-refractivity contribution in [2.24, 2.45) is 0 Å². The zero-order valence-corrected chi connectivity index (χ0v) is 20.4. The Kier molecular flexibility index (Phi) is 7.63. The number of hydrogen-bond acceptors (Lipinski definition) is 6. The summed E-state index contributed by atoms with van der Waals surface area (Å²) < 4.78 is 44.0. The number of benzene rings is 2. The number of methoxy groups -OCH3 is 1. The number of ether oxygens (including phenoxy) is 3. The molecule has 2 aliphatic rings. The van der Waals surface area contributed by atoms with Gasteiger partial charge in [-0.2, -0.15) is 0 Å². The molecule has 9 heteroatoms. The molecule has 1 N–H and O–H groups in total. The molecule has 1 amide bonds. The van der Waals surface area contributed by atoms with Crippen LogP contribution in [0.2, 0.25) is 0 Å². The predicted octanol–water partition coefficient (Wildman–Crippen LogP) is 3.67. The van der Waals surface area contributed by atoms with Crippen molar-refractivity contribution in [2.75, 3.05) is 26.5 Å². The summed E-state index contributed by atoms with van der Waals surface area (Å²) in [5.41, 5.74) is 1.77. The summed E-state index contributed by atoms with van der Waals surface area (Å²) in [4.78, 5) is 14.3. The molecule has 1 saturated carbocycles. The Labute approximate surface area is 201 Å². The lowest BCUT2D eigenvalue weighted by Crippen LogP contribution is -2.39. The smallest absolute Gasteiger partial charge is 0.410 e. The second-order valence-electron chi connectivity index (χ2n) is 8.98. The van der Waals surface area contributed by atoms with Gasteiger partial charge in [-0.05, 0) is 48.9 Å². The Bertz CT molecular complexity index is 1090. The van der Waals surface area contributed by atoms with Gasteiger partial charge < -0.3 is 19.1 Å². The van der Waals surface area contributed by atoms with Gasteiger partial charge in [-0.25, -0.2) is 17.9 Å². The monoisotopic (exact) mass is 488 g/mol. The van der Waals surface area contributed by atoms with Crippen LogP contribution in [-0.4, -0.2) is 58.0 Å². The van der Waals surface area contributed by atoms with E-state index in [-0.39, 0.29) is 25.2 Å². The van der Waals surface area contributed by atoms with Crippen LogP contribution in [0.4, 0.5) is 4.79 Å². The average molecular weight is 489 g/mol. The maximum absolute atomic E-state index is 12.8. The molecule has 0 bridgehead atoms. The fraction of sp³-hybridized carbons (Fsp3) is 0.480. The van der Waals surface area contributed by atoms with Crippen LogP contribution in [-0.2, 0) is 21.4 Å². The van der Waals surface area contributed by atoms with Crippen molar-refractivity contribution in [2.45, 2.75) is 50.4 Å². The molecule has 0 radical (unpaired) electrons. The fourth-order valence-corrected chi connectivity index (χ4v) is 5.49. The third kappa shape index (κ3) is 6.21. The lowest BCUT2D eigenvalue weighted by atomic mass is 9.94. The summed E-state index contributed by atoms with van der Waals surface area (Å²) in [5.74, 6) is 1.03. The largest absolute Gasteiger partial charge is 0.493 e. The van der Waals surface area contributed by atoms with Crippen LogP contribution < -0.4 is 14.2 Å². The minimum Gasteiger partial charge on any atom is -0.493 e. The summed E-state index contributed by atoms with van der Waals surface area (Å²) >= 11 is 0. The lowest BCUT2D eigenvalue weighted by Gasteiger charge is -2.21. The Morgan fingerprint density at radius 1 is 1.06 bits per heavy atom. The van der Waals surface area contributed by atoms with E-state index in [1.165, 1.54) is 0 Å². The van der Waals surface area contributed by atoms with Gasteiger partial charge in [-0.3, -0.25) is 0 Å². The summed E-state index contributed by atoms with van der Waals surface area (Å²) in [6.45, 7) is 0.707. The third-order valence-corrected chi connectivity index (χ3v) is 7.09. The average Bonchev–Trinajstić information content (AvgIpc) is 3.47. The molecule has 2 atom stereocenters. The molecule has 1 aliphatic heterocycles. The van der Waals surface area contributed by atoms with Crippen LogP contribution in [0.3, 0.4) is 0 Å². The Morgan fingerprint density at radius 2 is 1.79 bits per heavy atom. The zero-order chi connectivity index (χ0) is 24.1. The number of rotatable bonds is 8. The highest BCUT2D eigenvalue weighted by Gasteiger charge is 2.39. The Hall–Kier alpha value is -2.78. The Morgan fingerprint density at radius 3 is 2.47 bits per heavy atom. The van der Waals surface area contributed by atoms with Crippen molar-refractivity contribution in [1.82, 2.24) is 9.62 Å². The maximum Gasteiger partial charge on any atom is 0.410 e. The molecule has 1 heterocycles. The number of amides is 1. The second kappa shape index (κ2) is 10.7. The fourth-order valence-electron chi connectivity index (χ4n) is 4.70. The van der Waals surface area contributed by atoms with Crippen molar-refractivity contribution >= 4 is 16.1 Å². The highest BCUT2D eigenvalue weighted by atomic mass is 32.2. The van der Waals surface area contributed by atoms with Gasteiger partial charge in [0.05, 0.1) is 19.5 Å². The van der Waals surface area contributed by atoms with Crippen molar-refractivity contribution in [1.29, 1.82) is 0 Å². The van der Waals surface area contributed by atoms with Crippen LogP contribution >= 0.6 is 0 Å². The molecular weight excluding hydrogens is 456 g/mol. The maximum atomic E-state index is 12.8. The molecule has 8 nitrogen and oxygen atoms in total. The van der Waals surface area contributed by atoms with Gasteiger partial charge >= 0.3 is 6.09 Å². The van der Waals surface area contributed by atoms with Gasteiger partial charge in [0.25, 0.3) is 0 Å². The number of nitrogens with one attached hydrogen (secondary N) is 1. The molecule has 1 saturated heterocycles. The number of sulfonamides is 1. The summed E-state index contributed by atoms with van der Waals surface area (Å²) in [6, 6.07) is 14.6. The molecule has 0 unspecified atom stereocenters. The van der Waals surface area contributed by atoms with Gasteiger partial charge in [0.15, 0.2) is 11.5 Å². The van der Waals surface area contributed by atoms with E-state index in [1.54, 1.807) is 12.0 Å². The van der Waals surface area contributed by atoms with E-state index in [2.05, 4.69) is 4.72 Å². The molecule has 184 valence electrons. The van der Waals surface area contributed by atoms with Gasteiger partial charge in [0.2, 0.25) is 10.0 Å². The van der Waals surface area contributed by atoms with Crippen LogP contribution in [0.1, 0.15) is 42.7 Å². The van der Waals surface area contributed by atoms with E-state index in [4.69, 9.17) is 14.2 Å². The van der Waals surface area contributed by atoms with E-state index in [9.17, 15) is 13.2 Å². The van der Waals surface area contributed by atoms with Gasteiger partial charge in [0.1, 0.15) is 6.61 Å². The number of carbonyl (C=O) groups is 1. The van der Waals surface area contributed by atoms with Gasteiger partial charge in [-0.1, -0.05) is 36.4 Å². The van der Waals surface area contributed by atoms with Crippen molar-refractivity contribution in [3.8, 4) is 11.5 Å². The molecule has 2 aromatic rings. The van der Waals surface area contributed by atoms with E-state index in [1.807, 2.05) is 48.5 Å². The predicted molar refractivity (Wildman–Crippen MR) is 129 cm³/mol. The highest BCUT2D eigenvalue weighted by molar-refractivity contribution is 7.88. The van der Waals surface area contributed by atoms with Crippen molar-refractivity contribution in [3.63, 3.8) is 0 Å². The third-order valence-electron chi connectivity index (χ3n) is 6.36. The van der Waals surface area contributed by atoms with Crippen LogP contribution in [0.15, 0.2) is 48.5 Å². The second-order valence-corrected chi connectivity index (χ2v) is 10.8. The molecule has 1 aliphatic carbocycles. The lowest BCUT2D eigenvalue weighted by molar-refractivity contribution is 0.103. The first-order chi connectivity index (χ1) is 16.3. The van der Waals surface area contributed by atoms with Crippen LogP contribution in [0, 0.1) is 0 Å². The molecular formula is C25H32N2O6S. The minimum absolute atomic E-state index is 0.155. The quantitative estimate of drug-likeness (QED) is 0.609. The van der Waals surface area contributed by atoms with E-state index in [0.29, 0.717) is 18.0 Å². The van der Waals surface area contributed by atoms with E-state index < -0.39 is 22.2 Å². The van der Waals surface area contributed by atoms with Gasteiger partial charge in [0, 0.05) is 25.0 Å². The summed E-state index contributed by atoms with van der Waals surface area (Å²) in [7, 11) is -1.88. The van der Waals surface area contributed by atoms with Crippen LogP contribution in [0.25, 0.3) is 0 Å². The Balaban J connectivity index is 1.52. The topological polar surface area (TPSA) is 94.2 Å². The standard InChI is InChI=1S/C25H32N2O6S/c1-31-23-13-12-19(14-24(23)33-20-10-6-7-11-20)21-15-27(16-22(21)26-34(2,29)30)25(28)32-17-18-8-4-3-5-9-18/h3-5,8-9,12-14,20-22,26H,6-7,10-11,15-17H2,1-2H3/t21-,22+/m0/s1. The van der Waals surface area contributed by atoms with E-state index in [0.717, 1.165) is 43.1 Å². The summed E-state index contributed by atoms with van der Waals surface area (Å²) in [5, 5.41) is 0. The summed E-state index contributed by atoms with van der Waals surface area (Å²) in [6.07, 6.45) is 5.13. The minimum atomic E-state index is -3.48. The number of nitrogens with zero attached hydrogens (tertiary/aromatic N) is 1. The van der Waals surface area contributed by atoms with Crippen LogP contribution in [0.5, 0.6) is 11.5 Å². The number of carbonyl (C=O) groups excluding carboxylic acids is 1. The van der Waals surface area contributed by atoms with Crippen molar-refractivity contribution < 1.29 is 27.4 Å². The van der Waals surface area contributed by atoms with Crippen molar-refractivity contribution in [3.05, 3.63) is 59.7 Å². The normalized spacial score (nSPS) is 20.9. The molecule has 0 aromatic heterocycles. The van der Waals surface area contributed by atoms with E-state index >= 15 is 0 Å². The molecule has 4 rings (SSSR count).